The predicted molar refractivity (Wildman–Crippen MR) is 100 cm³/mol. The molecule has 0 aliphatic rings. The van der Waals surface area contributed by atoms with Crippen LogP contribution < -0.4 is 10.1 Å². The molecule has 1 amide bonds. The number of hydrogen-bond acceptors (Lipinski definition) is 4. The summed E-state index contributed by atoms with van der Waals surface area (Å²) in [6.45, 7) is 1.51. The van der Waals surface area contributed by atoms with Gasteiger partial charge in [-0.1, -0.05) is 40.2 Å². The number of benzene rings is 2. The smallest absolute Gasteiger partial charge is 0.331 e. The Kier molecular flexibility index (Phi) is 6.77. The summed E-state index contributed by atoms with van der Waals surface area (Å²) in [4.78, 5) is 24.0. The summed E-state index contributed by atoms with van der Waals surface area (Å²) in [5, 5.41) is 2.68. The number of amides is 1. The van der Waals surface area contributed by atoms with Crippen LogP contribution in [0.2, 0.25) is 0 Å². The van der Waals surface area contributed by atoms with Crippen molar-refractivity contribution >= 4 is 39.6 Å². The van der Waals surface area contributed by atoms with Crippen LogP contribution in [0, 0.1) is 0 Å². The summed E-state index contributed by atoms with van der Waals surface area (Å²) in [7, 11) is 1.52. The zero-order valence-corrected chi connectivity index (χ0v) is 15.4. The Morgan fingerprint density at radius 1 is 1.12 bits per heavy atom. The van der Waals surface area contributed by atoms with Gasteiger partial charge in [0.25, 0.3) is 5.91 Å². The number of anilines is 1. The number of ether oxygens (including phenoxy) is 2. The van der Waals surface area contributed by atoms with E-state index in [9.17, 15) is 9.59 Å². The van der Waals surface area contributed by atoms with Crippen molar-refractivity contribution in [1.82, 2.24) is 0 Å². The molecule has 2 aromatic carbocycles. The maximum atomic E-state index is 12.2. The first-order chi connectivity index (χ1) is 12.0. The number of halogens is 1. The van der Waals surface area contributed by atoms with Crippen LogP contribution in [0.5, 0.6) is 5.75 Å². The molecule has 1 N–H and O–H groups in total. The monoisotopic (exact) mass is 403 g/mol. The van der Waals surface area contributed by atoms with Gasteiger partial charge in [0.15, 0.2) is 6.10 Å². The Balaban J connectivity index is 1.91. The van der Waals surface area contributed by atoms with Crippen LogP contribution in [0.15, 0.2) is 59.1 Å². The Morgan fingerprint density at radius 3 is 2.48 bits per heavy atom. The van der Waals surface area contributed by atoms with E-state index < -0.39 is 18.0 Å². The zero-order chi connectivity index (χ0) is 18.2. The molecule has 0 aliphatic carbocycles. The number of esters is 1. The van der Waals surface area contributed by atoms with E-state index in [2.05, 4.69) is 21.2 Å². The topological polar surface area (TPSA) is 64.6 Å². The third kappa shape index (κ3) is 5.76. The molecule has 130 valence electrons. The quantitative estimate of drug-likeness (QED) is 0.583. The summed E-state index contributed by atoms with van der Waals surface area (Å²) in [6, 6.07) is 14.5. The predicted octanol–water partition coefficient (Wildman–Crippen LogP) is 4.04. The van der Waals surface area contributed by atoms with E-state index in [0.29, 0.717) is 11.4 Å². The van der Waals surface area contributed by atoms with Crippen molar-refractivity contribution in [2.75, 3.05) is 12.4 Å². The van der Waals surface area contributed by atoms with Gasteiger partial charge >= 0.3 is 5.97 Å². The lowest BCUT2D eigenvalue weighted by molar-refractivity contribution is -0.148. The second kappa shape index (κ2) is 9.03. The lowest BCUT2D eigenvalue weighted by atomic mass is 10.2. The fraction of sp³-hybridized carbons (Fsp3) is 0.158. The number of para-hydroxylation sites is 2. The van der Waals surface area contributed by atoms with Crippen molar-refractivity contribution in [2.45, 2.75) is 13.0 Å². The highest BCUT2D eigenvalue weighted by Crippen LogP contribution is 2.23. The molecule has 0 unspecified atom stereocenters. The molecule has 25 heavy (non-hydrogen) atoms. The van der Waals surface area contributed by atoms with Crippen molar-refractivity contribution < 1.29 is 19.1 Å². The van der Waals surface area contributed by atoms with E-state index >= 15 is 0 Å². The summed E-state index contributed by atoms with van der Waals surface area (Å²) in [6.07, 6.45) is 1.97. The number of methoxy groups -OCH3 is 1. The molecular formula is C19H18BrNO4. The average molecular weight is 404 g/mol. The number of carbonyl (C=O) groups is 2. The minimum absolute atomic E-state index is 0.435. The molecule has 0 aromatic heterocycles. The molecule has 0 saturated heterocycles. The summed E-state index contributed by atoms with van der Waals surface area (Å²) in [5.74, 6) is -0.495. The van der Waals surface area contributed by atoms with Gasteiger partial charge in [-0.25, -0.2) is 4.79 Å². The normalized spacial score (nSPS) is 11.8. The molecule has 0 radical (unpaired) electrons. The first-order valence-electron chi connectivity index (χ1n) is 7.57. The molecule has 2 rings (SSSR count). The van der Waals surface area contributed by atoms with Gasteiger partial charge in [0.1, 0.15) is 5.75 Å². The van der Waals surface area contributed by atoms with Gasteiger partial charge in [0.2, 0.25) is 0 Å². The van der Waals surface area contributed by atoms with Crippen molar-refractivity contribution in [1.29, 1.82) is 0 Å². The molecule has 2 aromatic rings. The van der Waals surface area contributed by atoms with E-state index in [1.807, 2.05) is 24.3 Å². The van der Waals surface area contributed by atoms with Crippen LogP contribution in [-0.2, 0) is 14.3 Å². The maximum absolute atomic E-state index is 12.2. The molecule has 5 nitrogen and oxygen atoms in total. The molecule has 0 fully saturated rings. The van der Waals surface area contributed by atoms with Crippen LogP contribution in [0.4, 0.5) is 5.69 Å². The minimum atomic E-state index is -0.938. The van der Waals surface area contributed by atoms with Gasteiger partial charge < -0.3 is 14.8 Å². The standard InChI is InChI=1S/C19H18BrNO4/c1-13(19(23)21-16-5-3-4-6-17(16)24-2)25-18(22)12-9-14-7-10-15(20)11-8-14/h3-13H,1-2H3,(H,21,23)/b12-9+/t13-/m0/s1. The van der Waals surface area contributed by atoms with Crippen LogP contribution in [0.3, 0.4) is 0 Å². The molecule has 0 spiro atoms. The van der Waals surface area contributed by atoms with Crippen LogP contribution >= 0.6 is 15.9 Å². The van der Waals surface area contributed by atoms with Crippen molar-refractivity contribution in [3.05, 3.63) is 64.6 Å². The number of hydrogen-bond donors (Lipinski definition) is 1. The maximum Gasteiger partial charge on any atom is 0.331 e. The summed E-state index contributed by atoms with van der Waals surface area (Å²) < 4.78 is 11.2. The summed E-state index contributed by atoms with van der Waals surface area (Å²) >= 11 is 3.34. The number of carbonyl (C=O) groups excluding carboxylic acids is 2. The van der Waals surface area contributed by atoms with Gasteiger partial charge in [-0.3, -0.25) is 4.79 Å². The van der Waals surface area contributed by atoms with E-state index in [-0.39, 0.29) is 0 Å². The van der Waals surface area contributed by atoms with E-state index in [1.165, 1.54) is 20.1 Å². The third-order valence-corrected chi connectivity index (χ3v) is 3.84. The minimum Gasteiger partial charge on any atom is -0.495 e. The zero-order valence-electron chi connectivity index (χ0n) is 13.9. The Morgan fingerprint density at radius 2 is 1.80 bits per heavy atom. The fourth-order valence-electron chi connectivity index (χ4n) is 1.99. The largest absolute Gasteiger partial charge is 0.495 e. The van der Waals surface area contributed by atoms with Gasteiger partial charge in [0, 0.05) is 10.5 Å². The Hall–Kier alpha value is -2.60. The highest BCUT2D eigenvalue weighted by molar-refractivity contribution is 9.10. The average Bonchev–Trinajstić information content (AvgIpc) is 2.61. The molecule has 1 atom stereocenters. The van der Waals surface area contributed by atoms with Gasteiger partial charge in [-0.2, -0.15) is 0 Å². The lowest BCUT2D eigenvalue weighted by Gasteiger charge is -2.14. The first kappa shape index (κ1) is 18.7. The lowest BCUT2D eigenvalue weighted by Crippen LogP contribution is -2.29. The van der Waals surface area contributed by atoms with Crippen LogP contribution in [-0.4, -0.2) is 25.1 Å². The second-order valence-corrected chi connectivity index (χ2v) is 6.07. The molecule has 0 saturated carbocycles. The second-order valence-electron chi connectivity index (χ2n) is 5.15. The highest BCUT2D eigenvalue weighted by Gasteiger charge is 2.17. The molecule has 0 heterocycles. The Bertz CT molecular complexity index is 771. The van der Waals surface area contributed by atoms with E-state index in [4.69, 9.17) is 9.47 Å². The first-order valence-corrected chi connectivity index (χ1v) is 8.37. The van der Waals surface area contributed by atoms with Crippen LogP contribution in [0.1, 0.15) is 12.5 Å². The SMILES string of the molecule is COc1ccccc1NC(=O)[C@H](C)OC(=O)/C=C/c1ccc(Br)cc1. The van der Waals surface area contributed by atoms with E-state index in [1.54, 1.807) is 30.3 Å². The molecular weight excluding hydrogens is 386 g/mol. The molecule has 0 aliphatic heterocycles. The third-order valence-electron chi connectivity index (χ3n) is 3.31. The fourth-order valence-corrected chi connectivity index (χ4v) is 2.25. The highest BCUT2D eigenvalue weighted by atomic mass is 79.9. The Labute approximate surface area is 154 Å². The number of rotatable bonds is 6. The molecule has 0 bridgehead atoms. The van der Waals surface area contributed by atoms with Crippen molar-refractivity contribution in [3.63, 3.8) is 0 Å². The van der Waals surface area contributed by atoms with Crippen molar-refractivity contribution in [2.24, 2.45) is 0 Å². The molecule has 6 heteroatoms. The number of nitrogens with one attached hydrogen (secondary N) is 1. The van der Waals surface area contributed by atoms with Crippen molar-refractivity contribution in [3.8, 4) is 5.75 Å². The summed E-state index contributed by atoms with van der Waals surface area (Å²) in [5.41, 5.74) is 1.37. The van der Waals surface area contributed by atoms with E-state index in [0.717, 1.165) is 10.0 Å². The van der Waals surface area contributed by atoms with Gasteiger partial charge in [-0.05, 0) is 42.8 Å². The van der Waals surface area contributed by atoms with Gasteiger partial charge in [-0.15, -0.1) is 0 Å². The van der Waals surface area contributed by atoms with Crippen LogP contribution in [0.25, 0.3) is 6.08 Å². The van der Waals surface area contributed by atoms with Gasteiger partial charge in [0.05, 0.1) is 12.8 Å².